The van der Waals surface area contributed by atoms with Crippen LogP contribution in [0.3, 0.4) is 0 Å². The van der Waals surface area contributed by atoms with Crippen LogP contribution in [0.15, 0.2) is 35.7 Å². The van der Waals surface area contributed by atoms with Gasteiger partial charge in [-0.05, 0) is 6.42 Å². The lowest BCUT2D eigenvalue weighted by Crippen LogP contribution is -2.48. The molecule has 2 aromatic rings. The number of hydrogen-bond acceptors (Lipinski definition) is 8. The van der Waals surface area contributed by atoms with E-state index >= 15 is 0 Å². The number of halogens is 1. The molecule has 2 aliphatic rings. The largest absolute Gasteiger partial charge is 0.459 e. The molecule has 2 fully saturated rings. The second-order valence-electron chi connectivity index (χ2n) is 6.67. The predicted octanol–water partition coefficient (Wildman–Crippen LogP) is 1.67. The molecule has 0 bridgehead atoms. The fourth-order valence-corrected chi connectivity index (χ4v) is 3.05. The fraction of sp³-hybridized carbons (Fsp3) is 0.368. The van der Waals surface area contributed by atoms with Crippen LogP contribution in [-0.4, -0.2) is 52.6 Å². The van der Waals surface area contributed by atoms with E-state index < -0.39 is 5.82 Å². The number of ether oxygens (including phenoxy) is 1. The summed E-state index contributed by atoms with van der Waals surface area (Å²) in [4.78, 5) is 26.8. The predicted molar refractivity (Wildman–Crippen MR) is 98.1 cm³/mol. The topological polar surface area (TPSA) is 97.1 Å². The Balaban J connectivity index is 1.32. The van der Waals surface area contributed by atoms with Crippen LogP contribution in [-0.2, 0) is 21.0 Å². The van der Waals surface area contributed by atoms with Gasteiger partial charge in [-0.2, -0.15) is 0 Å². The molecular weight excluding hydrogens is 367 g/mol. The zero-order chi connectivity index (χ0) is 19.5. The van der Waals surface area contributed by atoms with E-state index in [4.69, 9.17) is 9.57 Å². The van der Waals surface area contributed by atoms with E-state index in [-0.39, 0.29) is 30.9 Å². The van der Waals surface area contributed by atoms with Crippen molar-refractivity contribution in [2.45, 2.75) is 25.6 Å². The van der Waals surface area contributed by atoms with Gasteiger partial charge < -0.3 is 19.6 Å². The molecule has 4 rings (SSSR count). The molecule has 0 radical (unpaired) electrons. The van der Waals surface area contributed by atoms with Gasteiger partial charge in [-0.3, -0.25) is 4.79 Å². The second kappa shape index (κ2) is 7.89. The maximum atomic E-state index is 14.3. The maximum absolute atomic E-state index is 14.3. The number of carbonyl (C=O) groups excluding carboxylic acids is 1. The lowest BCUT2D eigenvalue weighted by atomic mass is 10.1. The molecule has 0 amide bonds. The van der Waals surface area contributed by atoms with Crippen molar-refractivity contribution in [1.29, 1.82) is 0 Å². The third-order valence-corrected chi connectivity index (χ3v) is 4.65. The van der Waals surface area contributed by atoms with Gasteiger partial charge in [0.2, 0.25) is 5.95 Å². The van der Waals surface area contributed by atoms with E-state index in [1.165, 1.54) is 6.07 Å². The first-order chi connectivity index (χ1) is 13.6. The maximum Gasteiger partial charge on any atom is 0.306 e. The van der Waals surface area contributed by atoms with E-state index in [9.17, 15) is 14.3 Å². The van der Waals surface area contributed by atoms with Crippen molar-refractivity contribution < 1.29 is 23.9 Å². The summed E-state index contributed by atoms with van der Waals surface area (Å²) in [6.07, 6.45) is 4.00. The van der Waals surface area contributed by atoms with E-state index in [0.29, 0.717) is 43.0 Å². The molecule has 28 heavy (non-hydrogen) atoms. The summed E-state index contributed by atoms with van der Waals surface area (Å²) in [7, 11) is 0. The zero-order valence-corrected chi connectivity index (χ0v) is 15.0. The number of esters is 1. The van der Waals surface area contributed by atoms with Gasteiger partial charge >= 0.3 is 5.97 Å². The van der Waals surface area contributed by atoms with Gasteiger partial charge in [-0.1, -0.05) is 23.4 Å². The Morgan fingerprint density at radius 3 is 2.79 bits per heavy atom. The standard InChI is InChI=1S/C19H19FN4O4/c20-18-12(10-25)2-1-3-16(18)13-6-21-19(22-7-13)24-8-14(9-24)23-27-11-15-4-5-17(26)28-15/h1-3,6-7,15,25H,4-5,8-11H2. The number of carbonyl (C=O) groups is 1. The van der Waals surface area contributed by atoms with E-state index in [0.717, 1.165) is 5.71 Å². The molecular formula is C19H19FN4O4. The van der Waals surface area contributed by atoms with Crippen molar-refractivity contribution in [3.05, 3.63) is 42.0 Å². The molecule has 1 atom stereocenters. The highest BCUT2D eigenvalue weighted by Gasteiger charge is 2.27. The van der Waals surface area contributed by atoms with Crippen LogP contribution in [0.2, 0.25) is 0 Å². The number of aliphatic hydroxyl groups is 1. The van der Waals surface area contributed by atoms with Crippen molar-refractivity contribution in [3.8, 4) is 11.1 Å². The van der Waals surface area contributed by atoms with Gasteiger partial charge in [-0.25, -0.2) is 14.4 Å². The lowest BCUT2D eigenvalue weighted by Gasteiger charge is -2.31. The first-order valence-corrected chi connectivity index (χ1v) is 8.97. The van der Waals surface area contributed by atoms with Crippen LogP contribution in [0.25, 0.3) is 11.1 Å². The van der Waals surface area contributed by atoms with Gasteiger partial charge in [0, 0.05) is 35.5 Å². The average Bonchev–Trinajstić information content (AvgIpc) is 3.09. The van der Waals surface area contributed by atoms with Crippen molar-refractivity contribution >= 4 is 17.6 Å². The first-order valence-electron chi connectivity index (χ1n) is 8.97. The Labute approximate surface area is 160 Å². The highest BCUT2D eigenvalue weighted by atomic mass is 19.1. The van der Waals surface area contributed by atoms with Crippen molar-refractivity contribution in [2.75, 3.05) is 24.6 Å². The number of aliphatic hydroxyl groups excluding tert-OH is 1. The Hall–Kier alpha value is -3.07. The van der Waals surface area contributed by atoms with Crippen LogP contribution >= 0.6 is 0 Å². The summed E-state index contributed by atoms with van der Waals surface area (Å²) < 4.78 is 19.4. The number of nitrogens with zero attached hydrogens (tertiary/aromatic N) is 4. The summed E-state index contributed by atoms with van der Waals surface area (Å²) in [6, 6.07) is 4.84. The number of cyclic esters (lactones) is 1. The fourth-order valence-electron chi connectivity index (χ4n) is 3.05. The van der Waals surface area contributed by atoms with Crippen molar-refractivity contribution in [2.24, 2.45) is 5.16 Å². The smallest absolute Gasteiger partial charge is 0.306 e. The molecule has 0 aliphatic carbocycles. The molecule has 9 heteroatoms. The molecule has 2 aliphatic heterocycles. The number of anilines is 1. The summed E-state index contributed by atoms with van der Waals surface area (Å²) >= 11 is 0. The third-order valence-electron chi connectivity index (χ3n) is 4.65. The van der Waals surface area contributed by atoms with Crippen LogP contribution in [0.5, 0.6) is 0 Å². The molecule has 0 saturated carbocycles. The highest BCUT2D eigenvalue weighted by molar-refractivity contribution is 5.98. The number of aromatic nitrogens is 2. The molecule has 1 unspecified atom stereocenters. The van der Waals surface area contributed by atoms with Crippen LogP contribution in [0.1, 0.15) is 18.4 Å². The number of rotatable bonds is 6. The summed E-state index contributed by atoms with van der Waals surface area (Å²) in [5.41, 5.74) is 1.97. The Morgan fingerprint density at radius 1 is 1.32 bits per heavy atom. The van der Waals surface area contributed by atoms with Gasteiger partial charge in [0.1, 0.15) is 11.9 Å². The molecule has 8 nitrogen and oxygen atoms in total. The number of hydrogen-bond donors (Lipinski definition) is 1. The summed E-state index contributed by atoms with van der Waals surface area (Å²) in [5.74, 6) is -0.143. The molecule has 1 aromatic heterocycles. The van der Waals surface area contributed by atoms with E-state index in [2.05, 4.69) is 15.1 Å². The van der Waals surface area contributed by atoms with Crippen LogP contribution < -0.4 is 4.90 Å². The second-order valence-corrected chi connectivity index (χ2v) is 6.67. The quantitative estimate of drug-likeness (QED) is 0.596. The molecule has 2 saturated heterocycles. The molecule has 3 heterocycles. The Bertz CT molecular complexity index is 895. The minimum atomic E-state index is -0.468. The Kier molecular flexibility index (Phi) is 5.16. The van der Waals surface area contributed by atoms with Crippen LogP contribution in [0.4, 0.5) is 10.3 Å². The van der Waals surface area contributed by atoms with Crippen molar-refractivity contribution in [1.82, 2.24) is 9.97 Å². The van der Waals surface area contributed by atoms with Crippen molar-refractivity contribution in [3.63, 3.8) is 0 Å². The van der Waals surface area contributed by atoms with Gasteiger partial charge in [-0.15, -0.1) is 0 Å². The van der Waals surface area contributed by atoms with Gasteiger partial charge in [0.25, 0.3) is 0 Å². The van der Waals surface area contributed by atoms with Gasteiger partial charge in [0.05, 0.1) is 25.4 Å². The molecule has 1 aromatic carbocycles. The zero-order valence-electron chi connectivity index (χ0n) is 15.0. The summed E-state index contributed by atoms with van der Waals surface area (Å²) in [6.45, 7) is 0.981. The normalized spacial score (nSPS) is 18.6. The first kappa shape index (κ1) is 18.3. The molecule has 1 N–H and O–H groups in total. The monoisotopic (exact) mass is 386 g/mol. The molecule has 146 valence electrons. The number of benzene rings is 1. The van der Waals surface area contributed by atoms with Crippen LogP contribution in [0, 0.1) is 5.82 Å². The highest BCUT2D eigenvalue weighted by Crippen LogP contribution is 2.25. The molecule has 0 spiro atoms. The Morgan fingerprint density at radius 2 is 2.11 bits per heavy atom. The third kappa shape index (κ3) is 3.79. The SMILES string of the molecule is O=C1CCC(CON=C2CN(c3ncc(-c4cccc(CO)c4F)cn3)C2)O1. The van der Waals surface area contributed by atoms with Gasteiger partial charge in [0.15, 0.2) is 6.61 Å². The minimum Gasteiger partial charge on any atom is -0.459 e. The summed E-state index contributed by atoms with van der Waals surface area (Å²) in [5, 5.41) is 13.2. The van der Waals surface area contributed by atoms with E-state index in [1.54, 1.807) is 24.5 Å². The lowest BCUT2D eigenvalue weighted by molar-refractivity contribution is -0.143. The minimum absolute atomic E-state index is 0.195. The van der Waals surface area contributed by atoms with E-state index in [1.807, 2.05) is 4.90 Å². The number of oxime groups is 1. The average molecular weight is 386 g/mol.